The molecule has 0 radical (unpaired) electrons. The number of benzene rings is 1. The van der Waals surface area contributed by atoms with Gasteiger partial charge in [0.2, 0.25) is 0 Å². The zero-order valence-corrected chi connectivity index (χ0v) is 12.2. The molecule has 1 saturated carbocycles. The first-order chi connectivity index (χ1) is 8.18. The molecular weight excluding hydrogens is 276 g/mol. The van der Waals surface area contributed by atoms with Gasteiger partial charge in [-0.25, -0.2) is 0 Å². The maximum Gasteiger partial charge on any atom is 0.123 e. The van der Waals surface area contributed by atoms with E-state index in [1.54, 1.807) is 0 Å². The Balaban J connectivity index is 2.23. The van der Waals surface area contributed by atoms with Gasteiger partial charge in [0.15, 0.2) is 0 Å². The lowest BCUT2D eigenvalue weighted by Gasteiger charge is -2.29. The summed E-state index contributed by atoms with van der Waals surface area (Å²) in [6.07, 6.45) is 5.48. The van der Waals surface area contributed by atoms with E-state index in [0.717, 1.165) is 5.75 Å². The fraction of sp³-hybridized carbons (Fsp3) is 0.600. The van der Waals surface area contributed by atoms with Gasteiger partial charge < -0.3 is 4.74 Å². The third-order valence-electron chi connectivity index (χ3n) is 3.36. The Hall–Kier alpha value is -0.500. The van der Waals surface area contributed by atoms with E-state index in [9.17, 15) is 0 Å². The normalized spacial score (nSPS) is 24.9. The highest BCUT2D eigenvalue weighted by atomic mass is 79.9. The summed E-state index contributed by atoms with van der Waals surface area (Å²) in [6, 6.07) is 8.51. The molecule has 0 N–H and O–H groups in total. The molecule has 94 valence electrons. The maximum absolute atomic E-state index is 5.93. The summed E-state index contributed by atoms with van der Waals surface area (Å²) in [7, 11) is 0. The van der Waals surface area contributed by atoms with E-state index in [2.05, 4.69) is 54.0 Å². The van der Waals surface area contributed by atoms with E-state index in [-0.39, 0.29) is 6.10 Å². The largest absolute Gasteiger partial charge is 0.491 e. The van der Waals surface area contributed by atoms with Crippen molar-refractivity contribution in [1.29, 1.82) is 0 Å². The van der Waals surface area contributed by atoms with Gasteiger partial charge >= 0.3 is 0 Å². The molecule has 1 aliphatic rings. The van der Waals surface area contributed by atoms with Crippen LogP contribution in [0, 0.1) is 0 Å². The minimum atomic E-state index is 0.244. The fourth-order valence-corrected chi connectivity index (χ4v) is 3.46. The Morgan fingerprint density at radius 3 is 2.59 bits per heavy atom. The van der Waals surface area contributed by atoms with Crippen molar-refractivity contribution < 1.29 is 4.74 Å². The number of rotatable bonds is 3. The summed E-state index contributed by atoms with van der Waals surface area (Å²) < 4.78 is 5.93. The zero-order chi connectivity index (χ0) is 12.3. The Morgan fingerprint density at radius 2 is 1.88 bits per heavy atom. The van der Waals surface area contributed by atoms with Gasteiger partial charge in [-0.15, -0.1) is 0 Å². The van der Waals surface area contributed by atoms with Crippen molar-refractivity contribution in [3.8, 4) is 5.75 Å². The lowest BCUT2D eigenvalue weighted by Crippen LogP contribution is -2.19. The molecular formula is C15H21BrO. The lowest BCUT2D eigenvalue weighted by atomic mass is 9.83. The second-order valence-corrected chi connectivity index (χ2v) is 6.29. The second-order valence-electron chi connectivity index (χ2n) is 5.11. The highest BCUT2D eigenvalue weighted by Crippen LogP contribution is 2.41. The SMILES string of the molecule is CC(C)Oc1ccccc1C1CCCCC1Br. The van der Waals surface area contributed by atoms with Crippen molar-refractivity contribution >= 4 is 15.9 Å². The number of alkyl halides is 1. The lowest BCUT2D eigenvalue weighted by molar-refractivity contribution is 0.237. The standard InChI is InChI=1S/C15H21BrO/c1-11(2)17-15-10-6-4-8-13(15)12-7-3-5-9-14(12)16/h4,6,8,10-12,14H,3,5,7,9H2,1-2H3. The highest BCUT2D eigenvalue weighted by Gasteiger charge is 2.26. The molecule has 0 spiro atoms. The van der Waals surface area contributed by atoms with Crippen molar-refractivity contribution in [3.63, 3.8) is 0 Å². The van der Waals surface area contributed by atoms with Crippen LogP contribution >= 0.6 is 15.9 Å². The Bertz CT molecular complexity index is 362. The van der Waals surface area contributed by atoms with Crippen LogP contribution in [0.5, 0.6) is 5.75 Å². The third-order valence-corrected chi connectivity index (χ3v) is 4.46. The van der Waals surface area contributed by atoms with Gasteiger partial charge in [-0.3, -0.25) is 0 Å². The molecule has 0 aliphatic heterocycles. The van der Waals surface area contributed by atoms with E-state index in [4.69, 9.17) is 4.74 Å². The number of para-hydroxylation sites is 1. The minimum Gasteiger partial charge on any atom is -0.491 e. The van der Waals surface area contributed by atoms with E-state index in [1.807, 2.05) is 0 Å². The number of hydrogen-bond acceptors (Lipinski definition) is 1. The quantitative estimate of drug-likeness (QED) is 0.721. The third kappa shape index (κ3) is 3.25. The molecule has 1 nitrogen and oxygen atoms in total. The van der Waals surface area contributed by atoms with Crippen LogP contribution in [-0.4, -0.2) is 10.9 Å². The second kappa shape index (κ2) is 5.90. The first kappa shape index (κ1) is 12.9. The van der Waals surface area contributed by atoms with E-state index >= 15 is 0 Å². The summed E-state index contributed by atoms with van der Waals surface area (Å²) in [5, 5.41) is 0. The molecule has 2 atom stereocenters. The fourth-order valence-electron chi connectivity index (χ4n) is 2.58. The molecule has 1 aromatic rings. The summed E-state index contributed by atoms with van der Waals surface area (Å²) in [6.45, 7) is 4.17. The van der Waals surface area contributed by atoms with Gasteiger partial charge in [0, 0.05) is 10.7 Å². The monoisotopic (exact) mass is 296 g/mol. The smallest absolute Gasteiger partial charge is 0.123 e. The van der Waals surface area contributed by atoms with Gasteiger partial charge in [0.05, 0.1) is 6.10 Å². The zero-order valence-electron chi connectivity index (χ0n) is 10.7. The number of ether oxygens (including phenoxy) is 1. The average Bonchev–Trinajstić information content (AvgIpc) is 2.30. The minimum absolute atomic E-state index is 0.244. The van der Waals surface area contributed by atoms with Crippen molar-refractivity contribution in [2.45, 2.75) is 56.4 Å². The molecule has 1 aliphatic carbocycles. The van der Waals surface area contributed by atoms with E-state index in [0.29, 0.717) is 10.7 Å². The van der Waals surface area contributed by atoms with Crippen molar-refractivity contribution in [3.05, 3.63) is 29.8 Å². The van der Waals surface area contributed by atoms with Crippen LogP contribution in [0.15, 0.2) is 24.3 Å². The molecule has 2 heteroatoms. The number of hydrogen-bond donors (Lipinski definition) is 0. The predicted octanol–water partition coefficient (Wildman–Crippen LogP) is 4.89. The maximum atomic E-state index is 5.93. The first-order valence-electron chi connectivity index (χ1n) is 6.58. The van der Waals surface area contributed by atoms with Crippen LogP contribution in [0.3, 0.4) is 0 Å². The summed E-state index contributed by atoms with van der Waals surface area (Å²) in [5.74, 6) is 1.68. The molecule has 2 unspecified atom stereocenters. The average molecular weight is 297 g/mol. The van der Waals surface area contributed by atoms with Crippen LogP contribution < -0.4 is 4.74 Å². The van der Waals surface area contributed by atoms with Gasteiger partial charge in [-0.2, -0.15) is 0 Å². The van der Waals surface area contributed by atoms with Gasteiger partial charge in [0.1, 0.15) is 5.75 Å². The Morgan fingerprint density at radius 1 is 1.18 bits per heavy atom. The summed E-state index contributed by atoms with van der Waals surface area (Å²) >= 11 is 3.84. The molecule has 17 heavy (non-hydrogen) atoms. The van der Waals surface area contributed by atoms with Gasteiger partial charge in [0.25, 0.3) is 0 Å². The van der Waals surface area contributed by atoms with Crippen LogP contribution in [-0.2, 0) is 0 Å². The molecule has 1 aromatic carbocycles. The Kier molecular flexibility index (Phi) is 4.49. The summed E-state index contributed by atoms with van der Waals surface area (Å²) in [5.41, 5.74) is 1.38. The van der Waals surface area contributed by atoms with Gasteiger partial charge in [-0.1, -0.05) is 47.0 Å². The van der Waals surface area contributed by atoms with Crippen molar-refractivity contribution in [1.82, 2.24) is 0 Å². The molecule has 0 aromatic heterocycles. The van der Waals surface area contributed by atoms with Crippen LogP contribution in [0.4, 0.5) is 0 Å². The predicted molar refractivity (Wildman–Crippen MR) is 76.1 cm³/mol. The molecule has 0 saturated heterocycles. The van der Waals surface area contributed by atoms with Gasteiger partial charge in [-0.05, 0) is 38.3 Å². The highest BCUT2D eigenvalue weighted by molar-refractivity contribution is 9.09. The van der Waals surface area contributed by atoms with E-state index in [1.165, 1.54) is 31.2 Å². The molecule has 1 fully saturated rings. The Labute approximate surface area is 113 Å². The topological polar surface area (TPSA) is 9.23 Å². The summed E-state index contributed by atoms with van der Waals surface area (Å²) in [4.78, 5) is 0.605. The van der Waals surface area contributed by atoms with Crippen LogP contribution in [0.1, 0.15) is 51.0 Å². The molecule has 0 amide bonds. The molecule has 0 heterocycles. The van der Waals surface area contributed by atoms with Crippen molar-refractivity contribution in [2.75, 3.05) is 0 Å². The molecule has 2 rings (SSSR count). The van der Waals surface area contributed by atoms with Crippen LogP contribution in [0.25, 0.3) is 0 Å². The van der Waals surface area contributed by atoms with Crippen molar-refractivity contribution in [2.24, 2.45) is 0 Å². The van der Waals surface area contributed by atoms with Crippen LogP contribution in [0.2, 0.25) is 0 Å². The molecule has 0 bridgehead atoms. The van der Waals surface area contributed by atoms with E-state index < -0.39 is 0 Å². The number of halogens is 1. The first-order valence-corrected chi connectivity index (χ1v) is 7.49.